The van der Waals surface area contributed by atoms with Crippen LogP contribution in [-0.2, 0) is 20.7 Å². The number of halogens is 1. The van der Waals surface area contributed by atoms with Gasteiger partial charge in [-0.3, -0.25) is 4.79 Å². The molecule has 1 amide bonds. The Morgan fingerprint density at radius 1 is 1.25 bits per heavy atom. The van der Waals surface area contributed by atoms with Crippen LogP contribution in [0.2, 0.25) is 5.02 Å². The van der Waals surface area contributed by atoms with Gasteiger partial charge in [-0.25, -0.2) is 4.79 Å². The fourth-order valence-corrected chi connectivity index (χ4v) is 2.86. The van der Waals surface area contributed by atoms with E-state index in [2.05, 4.69) is 12.2 Å². The zero-order chi connectivity index (χ0) is 20.1. The molecule has 1 aliphatic heterocycles. The number of esters is 1. The maximum absolute atomic E-state index is 12.2. The fourth-order valence-electron chi connectivity index (χ4n) is 2.58. The molecule has 1 heterocycles. The summed E-state index contributed by atoms with van der Waals surface area (Å²) in [5, 5.41) is 3.11. The maximum Gasteiger partial charge on any atom is 0.331 e. The highest BCUT2D eigenvalue weighted by Gasteiger charge is 2.19. The monoisotopic (exact) mass is 401 g/mol. The van der Waals surface area contributed by atoms with E-state index in [0.29, 0.717) is 27.8 Å². The van der Waals surface area contributed by atoms with Gasteiger partial charge in [0, 0.05) is 11.8 Å². The van der Waals surface area contributed by atoms with Gasteiger partial charge in [-0.05, 0) is 54.8 Å². The third kappa shape index (κ3) is 4.84. The molecule has 1 unspecified atom stereocenters. The number of carbonyl (C=O) groups excluding carboxylic acids is 2. The predicted molar refractivity (Wildman–Crippen MR) is 107 cm³/mol. The lowest BCUT2D eigenvalue weighted by Gasteiger charge is -2.12. The minimum Gasteiger partial charge on any atom is -0.454 e. The van der Waals surface area contributed by atoms with Crippen molar-refractivity contribution in [2.75, 3.05) is 12.1 Å². The molecule has 0 saturated heterocycles. The van der Waals surface area contributed by atoms with Crippen molar-refractivity contribution in [3.05, 3.63) is 58.6 Å². The van der Waals surface area contributed by atoms with Crippen molar-refractivity contribution in [2.24, 2.45) is 0 Å². The second kappa shape index (κ2) is 8.80. The Morgan fingerprint density at radius 3 is 2.71 bits per heavy atom. The number of anilines is 1. The van der Waals surface area contributed by atoms with E-state index in [0.717, 1.165) is 6.42 Å². The summed E-state index contributed by atoms with van der Waals surface area (Å²) in [6.07, 6.45) is 2.74. The average Bonchev–Trinajstić information content (AvgIpc) is 3.16. The van der Waals surface area contributed by atoms with E-state index >= 15 is 0 Å². The SMILES string of the molecule is CCc1ccc(NC(=O)C(C)OC(=O)C=Cc2cc(Cl)c3c(c2)OCO3)cc1. The molecular weight excluding hydrogens is 382 g/mol. The van der Waals surface area contributed by atoms with Crippen LogP contribution in [0.5, 0.6) is 11.5 Å². The van der Waals surface area contributed by atoms with Gasteiger partial charge in [-0.1, -0.05) is 30.7 Å². The number of aryl methyl sites for hydroxylation is 1. The van der Waals surface area contributed by atoms with Gasteiger partial charge in [0.25, 0.3) is 5.91 Å². The first-order valence-corrected chi connectivity index (χ1v) is 9.21. The number of hydrogen-bond acceptors (Lipinski definition) is 5. The highest BCUT2D eigenvalue weighted by atomic mass is 35.5. The number of rotatable bonds is 6. The number of fused-ring (bicyclic) bond motifs is 1. The lowest BCUT2D eigenvalue weighted by molar-refractivity contribution is -0.148. The van der Waals surface area contributed by atoms with Gasteiger partial charge in [-0.15, -0.1) is 0 Å². The first kappa shape index (κ1) is 19.8. The summed E-state index contributed by atoms with van der Waals surface area (Å²) in [5.41, 5.74) is 2.47. The molecule has 1 N–H and O–H groups in total. The van der Waals surface area contributed by atoms with Crippen LogP contribution >= 0.6 is 11.6 Å². The molecule has 0 spiro atoms. The molecule has 28 heavy (non-hydrogen) atoms. The Morgan fingerprint density at radius 2 is 2.00 bits per heavy atom. The molecule has 2 aromatic carbocycles. The molecule has 1 atom stereocenters. The summed E-state index contributed by atoms with van der Waals surface area (Å²) in [5.74, 6) is -0.0455. The van der Waals surface area contributed by atoms with E-state index in [1.54, 1.807) is 12.1 Å². The van der Waals surface area contributed by atoms with E-state index in [1.807, 2.05) is 24.3 Å². The van der Waals surface area contributed by atoms with Gasteiger partial charge in [0.2, 0.25) is 6.79 Å². The van der Waals surface area contributed by atoms with Crippen molar-refractivity contribution < 1.29 is 23.8 Å². The Labute approximate surface area is 168 Å². The van der Waals surface area contributed by atoms with Crippen LogP contribution in [0.15, 0.2) is 42.5 Å². The Bertz CT molecular complexity index is 908. The van der Waals surface area contributed by atoms with Crippen LogP contribution in [0.4, 0.5) is 5.69 Å². The highest BCUT2D eigenvalue weighted by molar-refractivity contribution is 6.32. The molecule has 0 bridgehead atoms. The van der Waals surface area contributed by atoms with Crippen molar-refractivity contribution in [1.82, 2.24) is 0 Å². The topological polar surface area (TPSA) is 73.9 Å². The lowest BCUT2D eigenvalue weighted by atomic mass is 10.1. The molecule has 0 aromatic heterocycles. The summed E-state index contributed by atoms with van der Waals surface area (Å²) < 4.78 is 15.7. The van der Waals surface area contributed by atoms with Crippen molar-refractivity contribution in [1.29, 1.82) is 0 Å². The second-order valence-electron chi connectivity index (χ2n) is 6.19. The highest BCUT2D eigenvalue weighted by Crippen LogP contribution is 2.40. The van der Waals surface area contributed by atoms with E-state index in [1.165, 1.54) is 24.6 Å². The summed E-state index contributed by atoms with van der Waals surface area (Å²) in [7, 11) is 0. The molecule has 1 aliphatic rings. The van der Waals surface area contributed by atoms with Gasteiger partial charge in [0.1, 0.15) is 0 Å². The molecular formula is C21H20ClNO5. The van der Waals surface area contributed by atoms with Crippen LogP contribution in [0.25, 0.3) is 6.08 Å². The molecule has 0 saturated carbocycles. The maximum atomic E-state index is 12.2. The second-order valence-corrected chi connectivity index (χ2v) is 6.60. The van der Waals surface area contributed by atoms with Crippen molar-refractivity contribution in [2.45, 2.75) is 26.4 Å². The van der Waals surface area contributed by atoms with Crippen LogP contribution in [0.1, 0.15) is 25.0 Å². The standard InChI is InChI=1S/C21H20ClNO5/c1-3-14-4-7-16(8-5-14)23-21(25)13(2)28-19(24)9-6-15-10-17(22)20-18(11-15)26-12-27-20/h4-11,13H,3,12H2,1-2H3,(H,23,25). The lowest BCUT2D eigenvalue weighted by Crippen LogP contribution is -2.29. The third-order valence-electron chi connectivity index (χ3n) is 4.15. The van der Waals surface area contributed by atoms with E-state index in [9.17, 15) is 9.59 Å². The normalized spacial score (nSPS) is 13.4. The third-order valence-corrected chi connectivity index (χ3v) is 4.43. The van der Waals surface area contributed by atoms with Crippen LogP contribution in [-0.4, -0.2) is 24.8 Å². The average molecular weight is 402 g/mol. The van der Waals surface area contributed by atoms with Crippen LogP contribution < -0.4 is 14.8 Å². The van der Waals surface area contributed by atoms with Crippen molar-refractivity contribution >= 4 is 35.2 Å². The first-order valence-electron chi connectivity index (χ1n) is 8.84. The number of hydrogen-bond donors (Lipinski definition) is 1. The van der Waals surface area contributed by atoms with E-state index in [-0.39, 0.29) is 6.79 Å². The molecule has 3 rings (SSSR count). The number of benzene rings is 2. The summed E-state index contributed by atoms with van der Waals surface area (Å²) in [4.78, 5) is 24.2. The minimum absolute atomic E-state index is 0.109. The van der Waals surface area contributed by atoms with Gasteiger partial charge in [0.15, 0.2) is 17.6 Å². The minimum atomic E-state index is -0.941. The molecule has 0 fully saturated rings. The summed E-state index contributed by atoms with van der Waals surface area (Å²) in [6, 6.07) is 10.9. The van der Waals surface area contributed by atoms with Crippen molar-refractivity contribution in [3.8, 4) is 11.5 Å². The molecule has 0 aliphatic carbocycles. The Balaban J connectivity index is 1.55. The quantitative estimate of drug-likeness (QED) is 0.579. The molecule has 0 radical (unpaired) electrons. The first-order chi connectivity index (χ1) is 13.5. The smallest absolute Gasteiger partial charge is 0.331 e. The molecule has 6 nitrogen and oxygen atoms in total. The zero-order valence-electron chi connectivity index (χ0n) is 15.5. The number of nitrogens with one attached hydrogen (secondary N) is 1. The van der Waals surface area contributed by atoms with E-state index < -0.39 is 18.0 Å². The zero-order valence-corrected chi connectivity index (χ0v) is 16.3. The van der Waals surface area contributed by atoms with E-state index in [4.69, 9.17) is 25.8 Å². The van der Waals surface area contributed by atoms with Gasteiger partial charge >= 0.3 is 5.97 Å². The van der Waals surface area contributed by atoms with Gasteiger partial charge in [-0.2, -0.15) is 0 Å². The molecule has 2 aromatic rings. The number of amides is 1. The summed E-state index contributed by atoms with van der Waals surface area (Å²) in [6.45, 7) is 3.68. The largest absolute Gasteiger partial charge is 0.454 e. The van der Waals surface area contributed by atoms with Gasteiger partial charge < -0.3 is 19.5 Å². The van der Waals surface area contributed by atoms with Gasteiger partial charge in [0.05, 0.1) is 5.02 Å². The molecule has 146 valence electrons. The van der Waals surface area contributed by atoms with Crippen molar-refractivity contribution in [3.63, 3.8) is 0 Å². The number of carbonyl (C=O) groups is 2. The van der Waals surface area contributed by atoms with Crippen LogP contribution in [0.3, 0.4) is 0 Å². The Hall–Kier alpha value is -2.99. The summed E-state index contributed by atoms with van der Waals surface area (Å²) >= 11 is 6.10. The fraction of sp³-hybridized carbons (Fsp3) is 0.238. The Kier molecular flexibility index (Phi) is 6.21. The number of ether oxygens (including phenoxy) is 3. The predicted octanol–water partition coefficient (Wildman–Crippen LogP) is 4.21. The molecule has 7 heteroatoms. The van der Waals surface area contributed by atoms with Crippen LogP contribution in [0, 0.1) is 0 Å².